The summed E-state index contributed by atoms with van der Waals surface area (Å²) in [6.45, 7) is 20.1. The fourth-order valence-corrected chi connectivity index (χ4v) is 5.46. The Bertz CT molecular complexity index is 397. The third-order valence-electron chi connectivity index (χ3n) is 8.02. The van der Waals surface area contributed by atoms with E-state index in [-0.39, 0.29) is 0 Å². The van der Waals surface area contributed by atoms with E-state index in [4.69, 9.17) is 0 Å². The molecule has 1 unspecified atom stereocenters. The lowest BCUT2D eigenvalue weighted by atomic mass is 9.89. The van der Waals surface area contributed by atoms with E-state index in [2.05, 4.69) is 42.4 Å². The van der Waals surface area contributed by atoms with Crippen LogP contribution in [0, 0.1) is 5.92 Å². The van der Waals surface area contributed by atoms with E-state index >= 15 is 0 Å². The van der Waals surface area contributed by atoms with Gasteiger partial charge in [-0.05, 0) is 64.6 Å². The summed E-state index contributed by atoms with van der Waals surface area (Å²) in [7, 11) is 0. The summed E-state index contributed by atoms with van der Waals surface area (Å²) in [4.78, 5) is 8.33. The Morgan fingerprint density at radius 3 is 1.93 bits per heavy atom. The molecule has 2 aliphatic rings. The monoisotopic (exact) mass is 407 g/mol. The molecule has 172 valence electrons. The maximum Gasteiger partial charge on any atom is 0.0179 e. The lowest BCUT2D eigenvalue weighted by Crippen LogP contribution is -2.56. The van der Waals surface area contributed by atoms with Crippen molar-refractivity contribution < 1.29 is 0 Å². The van der Waals surface area contributed by atoms with Gasteiger partial charge in [-0.25, -0.2) is 0 Å². The van der Waals surface area contributed by atoms with E-state index in [0.29, 0.717) is 5.54 Å². The van der Waals surface area contributed by atoms with Gasteiger partial charge in [0, 0.05) is 38.3 Å². The first-order chi connectivity index (χ1) is 14.1. The highest BCUT2D eigenvalue weighted by molar-refractivity contribution is 4.89. The van der Waals surface area contributed by atoms with Crippen molar-refractivity contribution in [1.29, 1.82) is 0 Å². The van der Waals surface area contributed by atoms with E-state index in [9.17, 15) is 0 Å². The molecule has 0 N–H and O–H groups in total. The van der Waals surface area contributed by atoms with Gasteiger partial charge in [-0.15, -0.1) is 0 Å². The van der Waals surface area contributed by atoms with Crippen LogP contribution in [0.2, 0.25) is 0 Å². The Labute approximate surface area is 183 Å². The minimum Gasteiger partial charge on any atom is -0.303 e. The Hall–Kier alpha value is -0.120. The summed E-state index contributed by atoms with van der Waals surface area (Å²) >= 11 is 0. The first-order valence-electron chi connectivity index (χ1n) is 13.3. The quantitative estimate of drug-likeness (QED) is 0.325. The summed E-state index contributed by atoms with van der Waals surface area (Å²) in [6, 6.07) is 0. The van der Waals surface area contributed by atoms with Crippen molar-refractivity contribution in [3.8, 4) is 0 Å². The minimum atomic E-state index is 0.435. The van der Waals surface area contributed by atoms with Crippen molar-refractivity contribution >= 4 is 0 Å². The molecule has 0 radical (unpaired) electrons. The first-order valence-corrected chi connectivity index (χ1v) is 13.3. The molecule has 2 saturated heterocycles. The number of piperidine rings is 1. The van der Waals surface area contributed by atoms with Crippen LogP contribution in [-0.2, 0) is 0 Å². The zero-order valence-electron chi connectivity index (χ0n) is 20.6. The highest BCUT2D eigenvalue weighted by Gasteiger charge is 2.32. The Kier molecular flexibility index (Phi) is 12.2. The second-order valence-corrected chi connectivity index (χ2v) is 10.3. The zero-order chi connectivity index (χ0) is 21.0. The molecule has 3 heteroatoms. The lowest BCUT2D eigenvalue weighted by molar-refractivity contribution is 0.0235. The molecular weight excluding hydrogens is 354 g/mol. The Morgan fingerprint density at radius 1 is 0.690 bits per heavy atom. The molecule has 2 rings (SSSR count). The molecule has 1 atom stereocenters. The summed E-state index contributed by atoms with van der Waals surface area (Å²) in [5.41, 5.74) is 0.435. The van der Waals surface area contributed by atoms with Gasteiger partial charge in [0.05, 0.1) is 0 Å². The zero-order valence-corrected chi connectivity index (χ0v) is 20.6. The number of piperazine rings is 1. The highest BCUT2D eigenvalue weighted by atomic mass is 15.3. The van der Waals surface area contributed by atoms with Crippen molar-refractivity contribution in [2.45, 2.75) is 110 Å². The molecule has 0 aromatic carbocycles. The van der Waals surface area contributed by atoms with Crippen molar-refractivity contribution in [1.82, 2.24) is 14.7 Å². The Morgan fingerprint density at radius 2 is 1.31 bits per heavy atom. The molecule has 29 heavy (non-hydrogen) atoms. The predicted octanol–water partition coefficient (Wildman–Crippen LogP) is 6.04. The van der Waals surface area contributed by atoms with Crippen molar-refractivity contribution in [2.75, 3.05) is 52.4 Å². The van der Waals surface area contributed by atoms with E-state index in [1.165, 1.54) is 129 Å². The van der Waals surface area contributed by atoms with Gasteiger partial charge in [-0.2, -0.15) is 0 Å². The maximum absolute atomic E-state index is 2.81. The first kappa shape index (κ1) is 25.1. The molecule has 0 amide bonds. The molecule has 2 fully saturated rings. The van der Waals surface area contributed by atoms with E-state index in [0.717, 1.165) is 5.92 Å². The number of hydrogen-bond acceptors (Lipinski definition) is 3. The smallest absolute Gasteiger partial charge is 0.0179 e. The van der Waals surface area contributed by atoms with Crippen LogP contribution in [0.5, 0.6) is 0 Å². The van der Waals surface area contributed by atoms with Gasteiger partial charge in [-0.1, -0.05) is 65.7 Å². The van der Waals surface area contributed by atoms with Gasteiger partial charge < -0.3 is 9.80 Å². The van der Waals surface area contributed by atoms with Crippen LogP contribution in [-0.4, -0.2) is 72.6 Å². The van der Waals surface area contributed by atoms with Crippen LogP contribution < -0.4 is 0 Å². The van der Waals surface area contributed by atoms with Gasteiger partial charge in [0.25, 0.3) is 0 Å². The van der Waals surface area contributed by atoms with Crippen LogP contribution in [0.4, 0.5) is 0 Å². The molecule has 0 bridgehead atoms. The molecule has 3 nitrogen and oxygen atoms in total. The molecule has 0 aromatic rings. The molecule has 2 aliphatic heterocycles. The normalized spacial score (nSPS) is 22.8. The van der Waals surface area contributed by atoms with Gasteiger partial charge in [0.1, 0.15) is 0 Å². The van der Waals surface area contributed by atoms with Crippen molar-refractivity contribution in [2.24, 2.45) is 5.92 Å². The average Bonchev–Trinajstić information content (AvgIpc) is 2.76. The number of hydrogen-bond donors (Lipinski definition) is 0. The van der Waals surface area contributed by atoms with E-state index < -0.39 is 0 Å². The fraction of sp³-hybridized carbons (Fsp3) is 1.00. The molecule has 0 saturated carbocycles. The van der Waals surface area contributed by atoms with Gasteiger partial charge in [0.2, 0.25) is 0 Å². The van der Waals surface area contributed by atoms with Crippen LogP contribution in [0.25, 0.3) is 0 Å². The summed E-state index contributed by atoms with van der Waals surface area (Å²) in [5, 5.41) is 0. The second kappa shape index (κ2) is 14.0. The van der Waals surface area contributed by atoms with Crippen LogP contribution in [0.1, 0.15) is 105 Å². The molecule has 2 heterocycles. The van der Waals surface area contributed by atoms with E-state index in [1.807, 2.05) is 0 Å². The van der Waals surface area contributed by atoms with Crippen LogP contribution in [0.3, 0.4) is 0 Å². The predicted molar refractivity (Wildman–Crippen MR) is 129 cm³/mol. The summed E-state index contributed by atoms with van der Waals surface area (Å²) < 4.78 is 0. The minimum absolute atomic E-state index is 0.435. The van der Waals surface area contributed by atoms with Crippen molar-refractivity contribution in [3.63, 3.8) is 0 Å². The standard InChI is InChI=1S/C26H53N3/c1-5-8-10-11-12-13-17-27-18-14-25(15-19-27)24-28-20-22-29(23-21-28)26(4,7-3)16-9-6-2/h25H,5-24H2,1-4H3. The number of unbranched alkanes of at least 4 members (excludes halogenated alkanes) is 6. The number of nitrogens with zero attached hydrogens (tertiary/aromatic N) is 3. The summed E-state index contributed by atoms with van der Waals surface area (Å²) in [5.74, 6) is 0.944. The lowest BCUT2D eigenvalue weighted by Gasteiger charge is -2.47. The average molecular weight is 408 g/mol. The van der Waals surface area contributed by atoms with E-state index in [1.54, 1.807) is 0 Å². The maximum atomic E-state index is 2.81. The van der Waals surface area contributed by atoms with Gasteiger partial charge >= 0.3 is 0 Å². The van der Waals surface area contributed by atoms with Gasteiger partial charge in [-0.3, -0.25) is 4.90 Å². The SMILES string of the molecule is CCCCCCCCN1CCC(CN2CCN(C(C)(CC)CCCC)CC2)CC1. The Balaban J connectivity index is 1.58. The van der Waals surface area contributed by atoms with Crippen LogP contribution >= 0.6 is 0 Å². The van der Waals surface area contributed by atoms with Gasteiger partial charge in [0.15, 0.2) is 0 Å². The third-order valence-corrected chi connectivity index (χ3v) is 8.02. The molecule has 0 aromatic heterocycles. The fourth-order valence-electron chi connectivity index (χ4n) is 5.46. The second-order valence-electron chi connectivity index (χ2n) is 10.3. The number of likely N-dealkylation sites (tertiary alicyclic amines) is 1. The molecule has 0 spiro atoms. The topological polar surface area (TPSA) is 9.72 Å². The number of rotatable bonds is 14. The molecular formula is C26H53N3. The largest absolute Gasteiger partial charge is 0.303 e. The summed E-state index contributed by atoms with van der Waals surface area (Å²) in [6.07, 6.45) is 16.8. The highest BCUT2D eigenvalue weighted by Crippen LogP contribution is 2.28. The molecule has 0 aliphatic carbocycles. The third kappa shape index (κ3) is 8.87. The van der Waals surface area contributed by atoms with Crippen molar-refractivity contribution in [3.05, 3.63) is 0 Å². The van der Waals surface area contributed by atoms with Crippen LogP contribution in [0.15, 0.2) is 0 Å².